The Labute approximate surface area is 136 Å². The lowest BCUT2D eigenvalue weighted by molar-refractivity contribution is 0.233. The molecule has 1 N–H and O–H groups in total. The Balaban J connectivity index is 2.32. The van der Waals surface area contributed by atoms with Gasteiger partial charge in [-0.1, -0.05) is 45.4 Å². The molecule has 2 rings (SSSR count). The zero-order chi connectivity index (χ0) is 14.9. The van der Waals surface area contributed by atoms with Gasteiger partial charge < -0.3 is 10.2 Å². The maximum atomic E-state index is 6.26. The third-order valence-electron chi connectivity index (χ3n) is 4.18. The second-order valence-electron chi connectivity index (χ2n) is 6.61. The van der Waals surface area contributed by atoms with Crippen molar-refractivity contribution in [2.24, 2.45) is 5.41 Å². The van der Waals surface area contributed by atoms with E-state index < -0.39 is 0 Å². The van der Waals surface area contributed by atoms with E-state index in [2.05, 4.69) is 59.9 Å². The van der Waals surface area contributed by atoms with Gasteiger partial charge in [0, 0.05) is 25.2 Å². The van der Waals surface area contributed by atoms with E-state index in [1.54, 1.807) is 0 Å². The van der Waals surface area contributed by atoms with Crippen molar-refractivity contribution in [3.63, 3.8) is 0 Å². The zero-order valence-corrected chi connectivity index (χ0v) is 15.1. The van der Waals surface area contributed by atoms with E-state index in [4.69, 9.17) is 11.6 Å². The lowest BCUT2D eigenvalue weighted by atomic mass is 9.84. The third-order valence-corrected chi connectivity index (χ3v) is 5.55. The summed E-state index contributed by atoms with van der Waals surface area (Å²) in [5.74, 6) is 0. The van der Waals surface area contributed by atoms with Crippen LogP contribution >= 0.6 is 27.5 Å². The molecule has 2 atom stereocenters. The second-order valence-corrected chi connectivity index (χ2v) is 7.81. The summed E-state index contributed by atoms with van der Waals surface area (Å²) >= 11 is 9.91. The van der Waals surface area contributed by atoms with Gasteiger partial charge >= 0.3 is 0 Å². The molecular weight excluding hydrogens is 336 g/mol. The average Bonchev–Trinajstić information content (AvgIpc) is 2.40. The van der Waals surface area contributed by atoms with E-state index in [1.807, 2.05) is 12.1 Å². The van der Waals surface area contributed by atoms with Crippen LogP contribution in [0.15, 0.2) is 22.7 Å². The van der Waals surface area contributed by atoms with Crippen molar-refractivity contribution in [2.75, 3.05) is 18.0 Å². The summed E-state index contributed by atoms with van der Waals surface area (Å²) in [6.07, 6.45) is 1.13. The van der Waals surface area contributed by atoms with Gasteiger partial charge in [0.1, 0.15) is 0 Å². The fourth-order valence-electron chi connectivity index (χ4n) is 2.75. The van der Waals surface area contributed by atoms with E-state index in [1.165, 1.54) is 5.69 Å². The minimum atomic E-state index is 0.252. The Bertz CT molecular complexity index is 470. The van der Waals surface area contributed by atoms with Crippen LogP contribution in [0.1, 0.15) is 34.1 Å². The van der Waals surface area contributed by atoms with Crippen molar-refractivity contribution in [3.05, 3.63) is 27.7 Å². The number of nitrogens with one attached hydrogen (secondary N) is 1. The van der Waals surface area contributed by atoms with Gasteiger partial charge in [-0.3, -0.25) is 0 Å². The van der Waals surface area contributed by atoms with Crippen molar-refractivity contribution < 1.29 is 0 Å². The molecule has 0 aromatic heterocycles. The van der Waals surface area contributed by atoms with Gasteiger partial charge in [0.25, 0.3) is 0 Å². The molecule has 1 aliphatic heterocycles. The third kappa shape index (κ3) is 3.32. The molecule has 4 heteroatoms. The molecule has 1 heterocycles. The van der Waals surface area contributed by atoms with Gasteiger partial charge in [0.05, 0.1) is 15.2 Å². The fraction of sp³-hybridized carbons (Fsp3) is 0.625. The van der Waals surface area contributed by atoms with Crippen molar-refractivity contribution in [2.45, 2.75) is 46.2 Å². The number of nitrogens with zero attached hydrogens (tertiary/aromatic N) is 1. The standard InChI is InChI=1S/C16H24BrClN2/c1-5-11-9-19-14(16(2,3)4)10-20(11)13-8-6-7-12(18)15(13)17/h6-8,11,14,19H,5,9-10H2,1-4H3. The Hall–Kier alpha value is -0.250. The first kappa shape index (κ1) is 16.1. The number of anilines is 1. The molecule has 1 saturated heterocycles. The minimum absolute atomic E-state index is 0.252. The molecule has 0 radical (unpaired) electrons. The Morgan fingerprint density at radius 3 is 2.70 bits per heavy atom. The SMILES string of the molecule is CCC1CNC(C(C)(C)C)CN1c1cccc(Cl)c1Br. The quantitative estimate of drug-likeness (QED) is 0.823. The number of benzene rings is 1. The van der Waals surface area contributed by atoms with Crippen LogP contribution in [0.25, 0.3) is 0 Å². The first-order chi connectivity index (χ1) is 9.34. The Kier molecular flexibility index (Phi) is 5.04. The van der Waals surface area contributed by atoms with Crippen LogP contribution in [0.2, 0.25) is 5.02 Å². The van der Waals surface area contributed by atoms with Gasteiger partial charge in [-0.2, -0.15) is 0 Å². The van der Waals surface area contributed by atoms with Crippen molar-refractivity contribution >= 4 is 33.2 Å². The topological polar surface area (TPSA) is 15.3 Å². The lowest BCUT2D eigenvalue weighted by Crippen LogP contribution is -2.60. The summed E-state index contributed by atoms with van der Waals surface area (Å²) in [4.78, 5) is 2.50. The molecule has 20 heavy (non-hydrogen) atoms. The summed E-state index contributed by atoms with van der Waals surface area (Å²) in [5.41, 5.74) is 1.46. The van der Waals surface area contributed by atoms with Crippen LogP contribution in [-0.2, 0) is 0 Å². The first-order valence-electron chi connectivity index (χ1n) is 7.28. The highest BCUT2D eigenvalue weighted by molar-refractivity contribution is 9.10. The largest absolute Gasteiger partial charge is 0.365 e. The predicted octanol–water partition coefficient (Wildman–Crippen LogP) is 4.71. The van der Waals surface area contributed by atoms with E-state index in [-0.39, 0.29) is 5.41 Å². The van der Waals surface area contributed by atoms with Crippen LogP contribution < -0.4 is 10.2 Å². The van der Waals surface area contributed by atoms with Crippen LogP contribution in [0, 0.1) is 5.41 Å². The number of piperazine rings is 1. The zero-order valence-electron chi connectivity index (χ0n) is 12.7. The molecule has 1 aliphatic rings. The lowest BCUT2D eigenvalue weighted by Gasteiger charge is -2.46. The highest BCUT2D eigenvalue weighted by atomic mass is 79.9. The summed E-state index contributed by atoms with van der Waals surface area (Å²) in [5, 5.41) is 4.48. The molecule has 0 saturated carbocycles. The van der Waals surface area contributed by atoms with E-state index in [9.17, 15) is 0 Å². The maximum absolute atomic E-state index is 6.26. The molecule has 0 amide bonds. The normalized spacial score (nSPS) is 24.0. The first-order valence-corrected chi connectivity index (χ1v) is 8.45. The molecule has 112 valence electrons. The molecule has 0 aliphatic carbocycles. The molecule has 1 aromatic rings. The van der Waals surface area contributed by atoms with Crippen LogP contribution in [-0.4, -0.2) is 25.2 Å². The summed E-state index contributed by atoms with van der Waals surface area (Å²) in [6.45, 7) is 11.2. The van der Waals surface area contributed by atoms with Crippen LogP contribution in [0.3, 0.4) is 0 Å². The van der Waals surface area contributed by atoms with Crippen LogP contribution in [0.5, 0.6) is 0 Å². The van der Waals surface area contributed by atoms with Gasteiger partial charge in [0.15, 0.2) is 0 Å². The minimum Gasteiger partial charge on any atom is -0.365 e. The molecule has 1 aromatic carbocycles. The molecular formula is C16H24BrClN2. The molecule has 0 spiro atoms. The Morgan fingerprint density at radius 2 is 2.10 bits per heavy atom. The average molecular weight is 360 g/mol. The van der Waals surface area contributed by atoms with Crippen molar-refractivity contribution in [3.8, 4) is 0 Å². The number of hydrogen-bond acceptors (Lipinski definition) is 2. The van der Waals surface area contributed by atoms with E-state index in [0.717, 1.165) is 29.0 Å². The number of rotatable bonds is 2. The highest BCUT2D eigenvalue weighted by Crippen LogP contribution is 2.36. The number of halogens is 2. The van der Waals surface area contributed by atoms with Gasteiger partial charge in [-0.25, -0.2) is 0 Å². The summed E-state index contributed by atoms with van der Waals surface area (Å²) in [6, 6.07) is 7.12. The Morgan fingerprint density at radius 1 is 1.40 bits per heavy atom. The molecule has 2 unspecified atom stereocenters. The summed E-state index contributed by atoms with van der Waals surface area (Å²) in [7, 11) is 0. The van der Waals surface area contributed by atoms with E-state index >= 15 is 0 Å². The molecule has 1 fully saturated rings. The van der Waals surface area contributed by atoms with Gasteiger partial charge in [0.2, 0.25) is 0 Å². The number of hydrogen-bond donors (Lipinski definition) is 1. The molecule has 0 bridgehead atoms. The van der Waals surface area contributed by atoms with Crippen molar-refractivity contribution in [1.29, 1.82) is 0 Å². The van der Waals surface area contributed by atoms with E-state index in [0.29, 0.717) is 12.1 Å². The summed E-state index contributed by atoms with van der Waals surface area (Å²) < 4.78 is 1.01. The molecule has 2 nitrogen and oxygen atoms in total. The highest BCUT2D eigenvalue weighted by Gasteiger charge is 2.34. The van der Waals surface area contributed by atoms with Crippen molar-refractivity contribution in [1.82, 2.24) is 5.32 Å². The van der Waals surface area contributed by atoms with Gasteiger partial charge in [-0.15, -0.1) is 0 Å². The predicted molar refractivity (Wildman–Crippen MR) is 91.8 cm³/mol. The fourth-order valence-corrected chi connectivity index (χ4v) is 3.41. The monoisotopic (exact) mass is 358 g/mol. The maximum Gasteiger partial charge on any atom is 0.0595 e. The second kappa shape index (κ2) is 6.25. The van der Waals surface area contributed by atoms with Crippen LogP contribution in [0.4, 0.5) is 5.69 Å². The smallest absolute Gasteiger partial charge is 0.0595 e. The van der Waals surface area contributed by atoms with Gasteiger partial charge in [-0.05, 0) is 39.9 Å².